The summed E-state index contributed by atoms with van der Waals surface area (Å²) in [5.74, 6) is 0. The summed E-state index contributed by atoms with van der Waals surface area (Å²) in [6.45, 7) is 0. The topological polar surface area (TPSA) is 103 Å². The first-order valence-electron chi connectivity index (χ1n) is 4.14. The maximum Gasteiger partial charge on any atom is 0.291 e. The van der Waals surface area contributed by atoms with Crippen molar-refractivity contribution in [3.8, 4) is 0 Å². The third-order valence-electron chi connectivity index (χ3n) is 1.20. The Morgan fingerprint density at radius 2 is 2.33 bits per heavy atom. The molecule has 0 fully saturated rings. The number of thiol groups is 1. The van der Waals surface area contributed by atoms with Gasteiger partial charge in [-0.2, -0.15) is 0 Å². The molecule has 0 atom stereocenters. The molecule has 7 nitrogen and oxygen atoms in total. The summed E-state index contributed by atoms with van der Waals surface area (Å²) in [5.41, 5.74) is 4.60. The second kappa shape index (κ2) is 12.3. The van der Waals surface area contributed by atoms with Crippen LogP contribution in [-0.2, 0) is 31.7 Å². The molecule has 0 unspecified atom stereocenters. The average Bonchev–Trinajstić information content (AvgIpc) is 2.29. The van der Waals surface area contributed by atoms with E-state index in [4.69, 9.17) is 15.3 Å². The van der Waals surface area contributed by atoms with Crippen molar-refractivity contribution in [1.29, 1.82) is 0 Å². The summed E-state index contributed by atoms with van der Waals surface area (Å²) in [6.07, 6.45) is 5.19. The predicted molar refractivity (Wildman–Crippen MR) is 71.3 cm³/mol. The maximum atomic E-state index is 8.36. The number of rotatable bonds is 2. The molecule has 1 aromatic heterocycles. The zero-order valence-electron chi connectivity index (χ0n) is 9.50. The minimum atomic E-state index is -1.50. The van der Waals surface area contributed by atoms with Crippen molar-refractivity contribution in [2.75, 3.05) is 6.26 Å². The van der Waals surface area contributed by atoms with Crippen molar-refractivity contribution in [3.63, 3.8) is 0 Å². The van der Waals surface area contributed by atoms with Gasteiger partial charge in [0.25, 0.3) is 5.09 Å². The van der Waals surface area contributed by atoms with Crippen molar-refractivity contribution in [1.82, 2.24) is 4.98 Å². The van der Waals surface area contributed by atoms with E-state index >= 15 is 0 Å². The van der Waals surface area contributed by atoms with Gasteiger partial charge in [-0.05, 0) is 18.4 Å². The number of nitrogens with zero attached hydrogens (tertiary/aromatic N) is 4. The Bertz CT molecular complexity index is 387. The van der Waals surface area contributed by atoms with Gasteiger partial charge in [-0.15, -0.1) is 10.1 Å². The molecule has 0 aliphatic rings. The molecule has 0 spiro atoms. The number of thioether (sulfide) groups is 1. The fourth-order valence-electron chi connectivity index (χ4n) is 0.631. The molecule has 0 aliphatic carbocycles. The van der Waals surface area contributed by atoms with Gasteiger partial charge in [0, 0.05) is 31.9 Å². The summed E-state index contributed by atoms with van der Waals surface area (Å²) < 4.78 is 0.632. The van der Waals surface area contributed by atoms with E-state index in [9.17, 15) is 0 Å². The van der Waals surface area contributed by atoms with E-state index in [0.29, 0.717) is 4.32 Å². The Morgan fingerprint density at radius 3 is 2.78 bits per heavy atom. The molecule has 94 valence electrons. The molecule has 0 amide bonds. The minimum absolute atomic E-state index is 0. The molecule has 0 radical (unpaired) electrons. The predicted octanol–water partition coefficient (Wildman–Crippen LogP) is 1.17. The van der Waals surface area contributed by atoms with Crippen molar-refractivity contribution in [2.45, 2.75) is 0 Å². The molecule has 0 aliphatic heterocycles. The first-order valence-corrected chi connectivity index (χ1v) is 5.81. The van der Waals surface area contributed by atoms with Crippen LogP contribution in [0.3, 0.4) is 0 Å². The Morgan fingerprint density at radius 1 is 1.72 bits per heavy atom. The summed E-state index contributed by atoms with van der Waals surface area (Å²) in [7, 11) is 0. The van der Waals surface area contributed by atoms with Crippen LogP contribution < -0.4 is 0 Å². The van der Waals surface area contributed by atoms with Gasteiger partial charge in [0.05, 0.1) is 5.69 Å². The summed E-state index contributed by atoms with van der Waals surface area (Å²) in [4.78, 5) is 12.4. The number of hydrogen-bond acceptors (Lipinski definition) is 5. The quantitative estimate of drug-likeness (QED) is 0.166. The first kappa shape index (κ1) is 19.2. The fraction of sp³-hybridized carbons (Fsp3) is 0.125. The molecule has 10 heteroatoms. The normalized spacial score (nSPS) is 8.72. The van der Waals surface area contributed by atoms with Gasteiger partial charge in [0.15, 0.2) is 16.5 Å². The van der Waals surface area contributed by atoms with E-state index in [0.717, 1.165) is 5.69 Å². The summed E-state index contributed by atoms with van der Waals surface area (Å²) >= 11 is 5.50. The van der Waals surface area contributed by atoms with Crippen LogP contribution in [0, 0.1) is 10.1 Å². The van der Waals surface area contributed by atoms with Crippen LogP contribution in [0.25, 0.3) is 5.43 Å². The van der Waals surface area contributed by atoms with Crippen LogP contribution in [0.5, 0.6) is 0 Å². The third-order valence-corrected chi connectivity index (χ3v) is 2.29. The fourth-order valence-corrected chi connectivity index (χ4v) is 0.811. The first-order chi connectivity index (χ1) is 8.06. The van der Waals surface area contributed by atoms with Gasteiger partial charge in [-0.1, -0.05) is 17.8 Å². The third kappa shape index (κ3) is 13.0. The number of pyridine rings is 1. The standard InChI is InChI=1S/C8H9N3S2.HNO3.Zn/c1-13-8(12)11-10-6-7-4-2-3-5-9-7;2-1(3)4;/h2-6H,1H3,(H,9,11,12);(H,2,3,4);. The van der Waals surface area contributed by atoms with Crippen LogP contribution in [0.4, 0.5) is 0 Å². The number of hydrogen-bond donors (Lipinski definition) is 1. The Labute approximate surface area is 126 Å². The minimum Gasteiger partial charge on any atom is -0.520 e. The summed E-state index contributed by atoms with van der Waals surface area (Å²) in [5, 5.41) is 17.5. The van der Waals surface area contributed by atoms with Crippen molar-refractivity contribution < 1.29 is 29.8 Å². The molecule has 1 rings (SSSR count). The van der Waals surface area contributed by atoms with Gasteiger partial charge in [-0.25, -0.2) is 0 Å². The van der Waals surface area contributed by atoms with Crippen molar-refractivity contribution >= 4 is 34.5 Å². The Balaban J connectivity index is 0. The van der Waals surface area contributed by atoms with E-state index < -0.39 is 5.09 Å². The van der Waals surface area contributed by atoms with E-state index in [1.165, 1.54) is 11.8 Å². The smallest absolute Gasteiger partial charge is 0.291 e. The molecular formula is C8H10N4O3S2Zn. The zero-order chi connectivity index (χ0) is 13.1. The van der Waals surface area contributed by atoms with E-state index in [1.807, 2.05) is 24.5 Å². The molecule has 1 heterocycles. The van der Waals surface area contributed by atoms with Crippen LogP contribution in [-0.4, -0.2) is 32.1 Å². The van der Waals surface area contributed by atoms with E-state index in [2.05, 4.69) is 27.7 Å². The van der Waals surface area contributed by atoms with Crippen LogP contribution in [0.2, 0.25) is 0 Å². The van der Waals surface area contributed by atoms with Crippen molar-refractivity contribution in [2.24, 2.45) is 5.10 Å². The summed E-state index contributed by atoms with van der Waals surface area (Å²) in [6, 6.07) is 5.61. The molecule has 18 heavy (non-hydrogen) atoms. The average molecular weight is 340 g/mol. The van der Waals surface area contributed by atoms with Crippen LogP contribution in [0.15, 0.2) is 29.5 Å². The molecule has 0 saturated carbocycles. The van der Waals surface area contributed by atoms with E-state index in [1.54, 1.807) is 12.4 Å². The van der Waals surface area contributed by atoms with Gasteiger partial charge >= 0.3 is 0 Å². The number of aromatic nitrogens is 1. The molecule has 1 N–H and O–H groups in total. The monoisotopic (exact) mass is 338 g/mol. The van der Waals surface area contributed by atoms with Crippen LogP contribution >= 0.6 is 11.8 Å². The largest absolute Gasteiger partial charge is 0.520 e. The van der Waals surface area contributed by atoms with Gasteiger partial charge in [0.2, 0.25) is 0 Å². The van der Waals surface area contributed by atoms with Crippen LogP contribution in [0.1, 0.15) is 5.69 Å². The Kier molecular flexibility index (Phi) is 13.2. The molecular weight excluding hydrogens is 330 g/mol. The second-order valence-electron chi connectivity index (χ2n) is 2.32. The van der Waals surface area contributed by atoms with Crippen molar-refractivity contribution in [3.05, 3.63) is 45.6 Å². The van der Waals surface area contributed by atoms with Gasteiger partial charge in [0.1, 0.15) is 0 Å². The van der Waals surface area contributed by atoms with Gasteiger partial charge in [-0.3, -0.25) is 4.98 Å². The van der Waals surface area contributed by atoms with Gasteiger partial charge < -0.3 is 15.7 Å². The molecule has 0 saturated heterocycles. The SMILES string of the molecule is CSC(=[SH+])[N-]N=Cc1ccccn1.O=[N+]([O-])O.[Zn]. The molecule has 0 aromatic carbocycles. The second-order valence-corrected chi connectivity index (χ2v) is 3.84. The molecule has 1 aromatic rings. The molecule has 0 bridgehead atoms. The Hall–Kier alpha value is -1.12. The zero-order valence-corrected chi connectivity index (χ0v) is 14.2. The van der Waals surface area contributed by atoms with E-state index in [-0.39, 0.29) is 19.5 Å². The maximum absolute atomic E-state index is 8.36.